The summed E-state index contributed by atoms with van der Waals surface area (Å²) in [4.78, 5) is 4.03. The van der Waals surface area contributed by atoms with E-state index in [4.69, 9.17) is 11.6 Å². The summed E-state index contributed by atoms with van der Waals surface area (Å²) in [5.41, 5.74) is 0. The molecule has 0 saturated carbocycles. The highest BCUT2D eigenvalue weighted by Crippen LogP contribution is 2.28. The second kappa shape index (κ2) is 5.86. The summed E-state index contributed by atoms with van der Waals surface area (Å²) in [7, 11) is -3.42. The van der Waals surface area contributed by atoms with Gasteiger partial charge in [-0.2, -0.15) is 4.31 Å². The monoisotopic (exact) mass is 308 g/mol. The van der Waals surface area contributed by atoms with Crippen molar-refractivity contribution >= 4 is 33.0 Å². The summed E-state index contributed by atoms with van der Waals surface area (Å²) in [6.45, 7) is 2.38. The number of nitrogens with zero attached hydrogens (tertiary/aromatic N) is 2. The SMILES string of the molecule is Cc1ncc(S(=O)(=O)N2CCCCCC2CCl)s1. The van der Waals surface area contributed by atoms with Crippen LogP contribution >= 0.6 is 22.9 Å². The lowest BCUT2D eigenvalue weighted by atomic mass is 10.1. The Hall–Kier alpha value is -0.170. The number of hydrogen-bond donors (Lipinski definition) is 0. The quantitative estimate of drug-likeness (QED) is 0.807. The predicted molar refractivity (Wildman–Crippen MR) is 73.7 cm³/mol. The Balaban J connectivity index is 2.32. The van der Waals surface area contributed by atoms with Crippen LogP contribution in [0, 0.1) is 6.92 Å². The van der Waals surface area contributed by atoms with Crippen LogP contribution in [0.15, 0.2) is 10.4 Å². The third kappa shape index (κ3) is 2.87. The summed E-state index contributed by atoms with van der Waals surface area (Å²) in [5.74, 6) is 0.358. The average Bonchev–Trinajstić information content (AvgIpc) is 2.65. The normalized spacial score (nSPS) is 22.9. The first-order valence-corrected chi connectivity index (χ1v) is 8.85. The highest BCUT2D eigenvalue weighted by atomic mass is 35.5. The summed E-state index contributed by atoms with van der Waals surface area (Å²) in [5, 5.41) is 0.769. The molecule has 1 atom stereocenters. The van der Waals surface area contributed by atoms with Crippen LogP contribution < -0.4 is 0 Å². The minimum Gasteiger partial charge on any atom is -0.249 e. The number of rotatable bonds is 3. The summed E-state index contributed by atoms with van der Waals surface area (Å²) >= 11 is 7.15. The van der Waals surface area contributed by atoms with Crippen LogP contribution in [0.3, 0.4) is 0 Å². The Labute approximate surface area is 117 Å². The van der Waals surface area contributed by atoms with Crippen LogP contribution in [0.5, 0.6) is 0 Å². The Morgan fingerprint density at radius 3 is 2.89 bits per heavy atom. The van der Waals surface area contributed by atoms with E-state index >= 15 is 0 Å². The first-order chi connectivity index (χ1) is 8.55. The fraction of sp³-hybridized carbons (Fsp3) is 0.727. The highest BCUT2D eigenvalue weighted by molar-refractivity contribution is 7.91. The lowest BCUT2D eigenvalue weighted by Crippen LogP contribution is -2.40. The topological polar surface area (TPSA) is 50.3 Å². The molecule has 4 nitrogen and oxygen atoms in total. The first kappa shape index (κ1) is 14.2. The molecule has 1 aliphatic heterocycles. The Morgan fingerprint density at radius 2 is 2.28 bits per heavy atom. The summed E-state index contributed by atoms with van der Waals surface area (Å²) < 4.78 is 27.0. The molecule has 0 radical (unpaired) electrons. The van der Waals surface area contributed by atoms with Crippen molar-refractivity contribution in [1.29, 1.82) is 0 Å². The summed E-state index contributed by atoms with van der Waals surface area (Å²) in [6, 6.07) is -0.0819. The van der Waals surface area contributed by atoms with Crippen molar-refractivity contribution in [3.05, 3.63) is 11.2 Å². The van der Waals surface area contributed by atoms with E-state index < -0.39 is 10.0 Å². The fourth-order valence-electron chi connectivity index (χ4n) is 2.20. The van der Waals surface area contributed by atoms with Gasteiger partial charge in [0.1, 0.15) is 0 Å². The van der Waals surface area contributed by atoms with Gasteiger partial charge in [-0.15, -0.1) is 22.9 Å². The molecule has 7 heteroatoms. The molecule has 1 fully saturated rings. The van der Waals surface area contributed by atoms with Gasteiger partial charge in [0.2, 0.25) is 0 Å². The molecule has 1 aliphatic rings. The third-order valence-electron chi connectivity index (χ3n) is 3.16. The molecule has 1 unspecified atom stereocenters. The van der Waals surface area contributed by atoms with Crippen molar-refractivity contribution in [3.8, 4) is 0 Å². The maximum atomic E-state index is 12.6. The third-order valence-corrected chi connectivity index (χ3v) is 6.82. The van der Waals surface area contributed by atoms with E-state index in [0.29, 0.717) is 16.6 Å². The molecule has 0 aliphatic carbocycles. The molecule has 0 amide bonds. The molecule has 1 aromatic rings. The van der Waals surface area contributed by atoms with Gasteiger partial charge < -0.3 is 0 Å². The Bertz CT molecular complexity index is 501. The van der Waals surface area contributed by atoms with E-state index in [1.54, 1.807) is 4.31 Å². The minimum atomic E-state index is -3.42. The second-order valence-corrected chi connectivity index (χ2v) is 8.13. The van der Waals surface area contributed by atoms with E-state index in [9.17, 15) is 8.42 Å². The van der Waals surface area contributed by atoms with Crippen molar-refractivity contribution in [2.45, 2.75) is 42.9 Å². The van der Waals surface area contributed by atoms with E-state index in [1.165, 1.54) is 17.5 Å². The molecule has 0 spiro atoms. The predicted octanol–water partition coefficient (Wildman–Crippen LogP) is 2.62. The maximum Gasteiger partial charge on any atom is 0.254 e. The number of sulfonamides is 1. The van der Waals surface area contributed by atoms with E-state index in [2.05, 4.69) is 4.98 Å². The molecule has 18 heavy (non-hydrogen) atoms. The smallest absolute Gasteiger partial charge is 0.249 e. The lowest BCUT2D eigenvalue weighted by molar-refractivity contribution is 0.346. The van der Waals surface area contributed by atoms with Crippen molar-refractivity contribution in [1.82, 2.24) is 9.29 Å². The lowest BCUT2D eigenvalue weighted by Gasteiger charge is -2.26. The van der Waals surface area contributed by atoms with Crippen LogP contribution in [-0.4, -0.2) is 36.2 Å². The van der Waals surface area contributed by atoms with Crippen LogP contribution in [0.25, 0.3) is 0 Å². The molecule has 1 aromatic heterocycles. The van der Waals surface area contributed by atoms with Crippen molar-refractivity contribution < 1.29 is 8.42 Å². The minimum absolute atomic E-state index is 0.0819. The fourth-order valence-corrected chi connectivity index (χ4v) is 5.53. The van der Waals surface area contributed by atoms with Gasteiger partial charge in [0, 0.05) is 18.5 Å². The number of aromatic nitrogens is 1. The standard InChI is InChI=1S/C11H17ClN2O2S2/c1-9-13-8-11(17-9)18(15,16)14-6-4-2-3-5-10(14)7-12/h8,10H,2-7H2,1H3. The average molecular weight is 309 g/mol. The van der Waals surface area contributed by atoms with Crippen LogP contribution in [0.2, 0.25) is 0 Å². The molecule has 0 bridgehead atoms. The molecule has 1 saturated heterocycles. The molecule has 2 rings (SSSR count). The van der Waals surface area contributed by atoms with Gasteiger partial charge >= 0.3 is 0 Å². The van der Waals surface area contributed by atoms with Gasteiger partial charge in [-0.05, 0) is 19.8 Å². The van der Waals surface area contributed by atoms with E-state index in [1.807, 2.05) is 6.92 Å². The van der Waals surface area contributed by atoms with Gasteiger partial charge in [0.15, 0.2) is 4.21 Å². The molecular formula is C11H17ClN2O2S2. The molecule has 102 valence electrons. The van der Waals surface area contributed by atoms with Crippen molar-refractivity contribution in [2.75, 3.05) is 12.4 Å². The maximum absolute atomic E-state index is 12.6. The van der Waals surface area contributed by atoms with Gasteiger partial charge in [-0.3, -0.25) is 0 Å². The van der Waals surface area contributed by atoms with Crippen LogP contribution in [-0.2, 0) is 10.0 Å². The molecule has 0 N–H and O–H groups in total. The Morgan fingerprint density at radius 1 is 1.50 bits per heavy atom. The zero-order valence-electron chi connectivity index (χ0n) is 10.3. The Kier molecular flexibility index (Phi) is 4.64. The van der Waals surface area contributed by atoms with Gasteiger partial charge in [0.25, 0.3) is 10.0 Å². The second-order valence-electron chi connectivity index (χ2n) is 4.47. The van der Waals surface area contributed by atoms with Crippen LogP contribution in [0.1, 0.15) is 30.7 Å². The van der Waals surface area contributed by atoms with Gasteiger partial charge in [-0.1, -0.05) is 12.8 Å². The molecular weight excluding hydrogens is 292 g/mol. The number of aryl methyl sites for hydroxylation is 1. The van der Waals surface area contributed by atoms with Crippen molar-refractivity contribution in [3.63, 3.8) is 0 Å². The zero-order chi connectivity index (χ0) is 13.2. The van der Waals surface area contributed by atoms with E-state index in [0.717, 1.165) is 30.7 Å². The molecule has 2 heterocycles. The van der Waals surface area contributed by atoms with Gasteiger partial charge in [0.05, 0.1) is 11.2 Å². The van der Waals surface area contributed by atoms with Crippen molar-refractivity contribution in [2.24, 2.45) is 0 Å². The first-order valence-electron chi connectivity index (χ1n) is 6.06. The number of alkyl halides is 1. The van der Waals surface area contributed by atoms with Gasteiger partial charge in [-0.25, -0.2) is 13.4 Å². The zero-order valence-corrected chi connectivity index (χ0v) is 12.7. The largest absolute Gasteiger partial charge is 0.254 e. The van der Waals surface area contributed by atoms with Crippen LogP contribution in [0.4, 0.5) is 0 Å². The molecule has 0 aromatic carbocycles. The van der Waals surface area contributed by atoms with E-state index in [-0.39, 0.29) is 6.04 Å². The highest BCUT2D eigenvalue weighted by Gasteiger charge is 2.33. The number of thiazole rings is 1. The number of hydrogen-bond acceptors (Lipinski definition) is 4. The summed E-state index contributed by atoms with van der Waals surface area (Å²) in [6.07, 6.45) is 5.32. The number of halogens is 1.